The average molecular weight is 248 g/mol. The van der Waals surface area contributed by atoms with Crippen molar-refractivity contribution in [2.45, 2.75) is 32.6 Å². The van der Waals surface area contributed by atoms with Gasteiger partial charge in [-0.25, -0.2) is 0 Å². The van der Waals surface area contributed by atoms with Crippen molar-refractivity contribution in [1.82, 2.24) is 0 Å². The molecule has 1 aliphatic rings. The maximum Gasteiger partial charge on any atom is 0.104 e. The number of thiocarbonyl (C=S) groups is 1. The van der Waals surface area contributed by atoms with Crippen LogP contribution in [0.2, 0.25) is 0 Å². The van der Waals surface area contributed by atoms with Crippen LogP contribution in [0.1, 0.15) is 36.8 Å². The van der Waals surface area contributed by atoms with Gasteiger partial charge in [-0.15, -0.1) is 0 Å². The van der Waals surface area contributed by atoms with Gasteiger partial charge in [-0.3, -0.25) is 0 Å². The third kappa shape index (κ3) is 3.19. The fraction of sp³-hybridized carbons (Fsp3) is 0.500. The van der Waals surface area contributed by atoms with E-state index in [2.05, 4.69) is 17.4 Å². The van der Waals surface area contributed by atoms with Gasteiger partial charge in [-0.2, -0.15) is 0 Å². The summed E-state index contributed by atoms with van der Waals surface area (Å²) in [4.78, 5) is 0.475. The minimum absolute atomic E-state index is 0.475. The van der Waals surface area contributed by atoms with Crippen LogP contribution in [-0.4, -0.2) is 11.5 Å². The first-order valence-electron chi connectivity index (χ1n) is 6.31. The van der Waals surface area contributed by atoms with Gasteiger partial charge in [-0.05, 0) is 43.0 Å². The zero-order chi connectivity index (χ0) is 12.3. The Morgan fingerprint density at radius 1 is 1.47 bits per heavy atom. The molecule has 0 spiro atoms. The second-order valence-electron chi connectivity index (χ2n) is 4.91. The van der Waals surface area contributed by atoms with Gasteiger partial charge in [0.05, 0.1) is 0 Å². The first-order valence-corrected chi connectivity index (χ1v) is 6.72. The Labute approximate surface area is 109 Å². The first kappa shape index (κ1) is 12.4. The van der Waals surface area contributed by atoms with E-state index in [0.29, 0.717) is 4.99 Å². The fourth-order valence-corrected chi connectivity index (χ4v) is 2.48. The molecule has 0 atom stereocenters. The van der Waals surface area contributed by atoms with Crippen LogP contribution in [0.4, 0.5) is 5.69 Å². The van der Waals surface area contributed by atoms with Crippen molar-refractivity contribution >= 4 is 22.9 Å². The Morgan fingerprint density at radius 3 is 2.76 bits per heavy atom. The lowest BCUT2D eigenvalue weighted by Gasteiger charge is -2.25. The molecular formula is C14H20N2S. The van der Waals surface area contributed by atoms with E-state index in [9.17, 15) is 0 Å². The van der Waals surface area contributed by atoms with Gasteiger partial charge in [0.1, 0.15) is 4.99 Å². The summed E-state index contributed by atoms with van der Waals surface area (Å²) in [5.74, 6) is 0.958. The van der Waals surface area contributed by atoms with E-state index >= 15 is 0 Å². The molecule has 0 unspecified atom stereocenters. The lowest BCUT2D eigenvalue weighted by molar-refractivity contribution is 0.303. The third-order valence-electron chi connectivity index (χ3n) is 3.60. The molecule has 3 N–H and O–H groups in total. The molecule has 17 heavy (non-hydrogen) atoms. The first-order chi connectivity index (χ1) is 8.16. The van der Waals surface area contributed by atoms with Crippen molar-refractivity contribution in [3.05, 3.63) is 29.3 Å². The molecule has 1 aromatic carbocycles. The van der Waals surface area contributed by atoms with E-state index < -0.39 is 0 Å². The number of anilines is 1. The molecule has 1 fully saturated rings. The number of benzene rings is 1. The zero-order valence-electron chi connectivity index (χ0n) is 10.3. The summed E-state index contributed by atoms with van der Waals surface area (Å²) in [6.07, 6.45) is 5.55. The summed E-state index contributed by atoms with van der Waals surface area (Å²) in [7, 11) is 0. The van der Waals surface area contributed by atoms with Gasteiger partial charge in [0, 0.05) is 17.8 Å². The summed E-state index contributed by atoms with van der Waals surface area (Å²) in [6.45, 7) is 3.11. The molecule has 0 aromatic heterocycles. The lowest BCUT2D eigenvalue weighted by atomic mass is 9.83. The van der Waals surface area contributed by atoms with Gasteiger partial charge in [0.25, 0.3) is 0 Å². The van der Waals surface area contributed by atoms with Crippen LogP contribution in [0.5, 0.6) is 0 Å². The van der Waals surface area contributed by atoms with Gasteiger partial charge in [-0.1, -0.05) is 31.5 Å². The molecule has 92 valence electrons. The van der Waals surface area contributed by atoms with Crippen molar-refractivity contribution in [3.8, 4) is 0 Å². The number of aryl methyl sites for hydroxylation is 1. The zero-order valence-corrected chi connectivity index (χ0v) is 11.1. The minimum atomic E-state index is 0.475. The highest BCUT2D eigenvalue weighted by molar-refractivity contribution is 7.80. The standard InChI is InChI=1S/C14H20N2S/c1-10-9-12(5-6-13(10)14(15)17)16-8-7-11-3-2-4-11/h5-6,9,11,16H,2-4,7-8H2,1H3,(H2,15,17). The highest BCUT2D eigenvalue weighted by atomic mass is 32.1. The summed E-state index contributed by atoms with van der Waals surface area (Å²) < 4.78 is 0. The molecule has 0 heterocycles. The molecule has 0 radical (unpaired) electrons. The van der Waals surface area contributed by atoms with Crippen molar-refractivity contribution in [2.24, 2.45) is 11.7 Å². The van der Waals surface area contributed by atoms with Crippen LogP contribution in [0.25, 0.3) is 0 Å². The van der Waals surface area contributed by atoms with Crippen molar-refractivity contribution in [2.75, 3.05) is 11.9 Å². The summed E-state index contributed by atoms with van der Waals surface area (Å²) in [6, 6.07) is 6.18. The topological polar surface area (TPSA) is 38.0 Å². The lowest BCUT2D eigenvalue weighted by Crippen LogP contribution is -2.16. The number of hydrogen-bond donors (Lipinski definition) is 2. The van der Waals surface area contributed by atoms with Gasteiger partial charge in [0.15, 0.2) is 0 Å². The number of rotatable bonds is 5. The van der Waals surface area contributed by atoms with E-state index in [4.69, 9.17) is 18.0 Å². The summed E-state index contributed by atoms with van der Waals surface area (Å²) in [5, 5.41) is 3.47. The molecule has 1 aliphatic carbocycles. The van der Waals surface area contributed by atoms with Crippen LogP contribution < -0.4 is 11.1 Å². The Kier molecular flexibility index (Phi) is 4.00. The largest absolute Gasteiger partial charge is 0.389 e. The molecule has 0 aliphatic heterocycles. The van der Waals surface area contributed by atoms with Crippen molar-refractivity contribution in [3.63, 3.8) is 0 Å². The Morgan fingerprint density at radius 2 is 2.24 bits per heavy atom. The molecular weight excluding hydrogens is 228 g/mol. The highest BCUT2D eigenvalue weighted by Crippen LogP contribution is 2.29. The van der Waals surface area contributed by atoms with Crippen LogP contribution >= 0.6 is 12.2 Å². The van der Waals surface area contributed by atoms with E-state index in [-0.39, 0.29) is 0 Å². The third-order valence-corrected chi connectivity index (χ3v) is 3.82. The van der Waals surface area contributed by atoms with Gasteiger partial charge < -0.3 is 11.1 Å². The molecule has 1 aromatic rings. The normalized spacial score (nSPS) is 15.4. The molecule has 2 nitrogen and oxygen atoms in total. The molecule has 3 heteroatoms. The maximum absolute atomic E-state index is 5.64. The molecule has 2 rings (SSSR count). The van der Waals surface area contributed by atoms with Crippen molar-refractivity contribution < 1.29 is 0 Å². The summed E-state index contributed by atoms with van der Waals surface area (Å²) in [5.41, 5.74) is 8.93. The number of hydrogen-bond acceptors (Lipinski definition) is 2. The highest BCUT2D eigenvalue weighted by Gasteiger charge is 2.16. The van der Waals surface area contributed by atoms with E-state index in [1.54, 1.807) is 0 Å². The Hall–Kier alpha value is -1.09. The number of nitrogens with two attached hydrogens (primary N) is 1. The molecule has 0 bridgehead atoms. The minimum Gasteiger partial charge on any atom is -0.389 e. The molecule has 1 saturated carbocycles. The SMILES string of the molecule is Cc1cc(NCCC2CCC2)ccc1C(N)=S. The van der Waals surface area contributed by atoms with Crippen LogP contribution in [-0.2, 0) is 0 Å². The van der Waals surface area contributed by atoms with Crippen LogP contribution in [0.3, 0.4) is 0 Å². The van der Waals surface area contributed by atoms with Crippen LogP contribution in [0.15, 0.2) is 18.2 Å². The maximum atomic E-state index is 5.64. The van der Waals surface area contributed by atoms with Crippen molar-refractivity contribution in [1.29, 1.82) is 0 Å². The Bertz CT molecular complexity index is 411. The van der Waals surface area contributed by atoms with E-state index in [1.807, 2.05) is 13.0 Å². The average Bonchev–Trinajstić information content (AvgIpc) is 2.21. The molecule has 0 saturated heterocycles. The fourth-order valence-electron chi connectivity index (χ4n) is 2.25. The second kappa shape index (κ2) is 5.50. The van der Waals surface area contributed by atoms with Crippen LogP contribution in [0, 0.1) is 12.8 Å². The van der Waals surface area contributed by atoms with Gasteiger partial charge >= 0.3 is 0 Å². The quantitative estimate of drug-likeness (QED) is 0.786. The predicted molar refractivity (Wildman–Crippen MR) is 77.5 cm³/mol. The summed E-state index contributed by atoms with van der Waals surface area (Å²) >= 11 is 5.00. The monoisotopic (exact) mass is 248 g/mol. The predicted octanol–water partition coefficient (Wildman–Crippen LogP) is 3.23. The number of nitrogens with one attached hydrogen (secondary N) is 1. The van der Waals surface area contributed by atoms with E-state index in [0.717, 1.165) is 23.6 Å². The molecule has 0 amide bonds. The Balaban J connectivity index is 1.88. The smallest absolute Gasteiger partial charge is 0.104 e. The van der Waals surface area contributed by atoms with E-state index in [1.165, 1.54) is 31.4 Å². The second-order valence-corrected chi connectivity index (χ2v) is 5.35. The van der Waals surface area contributed by atoms with Gasteiger partial charge in [0.2, 0.25) is 0 Å².